The summed E-state index contributed by atoms with van der Waals surface area (Å²) in [5.74, 6) is -0.639. The molecule has 0 saturated heterocycles. The minimum absolute atomic E-state index is 0.0870. The van der Waals surface area contributed by atoms with Crippen molar-refractivity contribution in [1.82, 2.24) is 9.88 Å². The van der Waals surface area contributed by atoms with E-state index in [4.69, 9.17) is 16.3 Å². The van der Waals surface area contributed by atoms with E-state index in [1.807, 2.05) is 6.07 Å². The Morgan fingerprint density at radius 3 is 2.61 bits per heavy atom. The minimum Gasteiger partial charge on any atom is -0.483 e. The van der Waals surface area contributed by atoms with Crippen LogP contribution in [0.4, 0.5) is 13.2 Å². The molecule has 5 nitrogen and oxygen atoms in total. The number of nitrogens with one attached hydrogen (secondary N) is 1. The number of aryl methyl sites for hydroxylation is 2. The van der Waals surface area contributed by atoms with E-state index in [0.717, 1.165) is 11.3 Å². The number of rotatable bonds is 4. The van der Waals surface area contributed by atoms with Crippen molar-refractivity contribution in [3.05, 3.63) is 61.5 Å². The predicted molar refractivity (Wildman–Crippen MR) is 98.0 cm³/mol. The monoisotopic (exact) mass is 414 g/mol. The number of hydrogen-bond donors (Lipinski definition) is 1. The van der Waals surface area contributed by atoms with Gasteiger partial charge in [-0.1, -0.05) is 17.7 Å². The summed E-state index contributed by atoms with van der Waals surface area (Å²) in [4.78, 5) is 29.4. The highest BCUT2D eigenvalue weighted by Gasteiger charge is 2.32. The molecule has 28 heavy (non-hydrogen) atoms. The average molecular weight is 415 g/mol. The Bertz CT molecular complexity index is 986. The van der Waals surface area contributed by atoms with Crippen LogP contribution in [0.2, 0.25) is 5.02 Å². The van der Waals surface area contributed by atoms with Crippen LogP contribution < -0.4 is 10.3 Å². The Hall–Kier alpha value is -2.48. The zero-order valence-corrected chi connectivity index (χ0v) is 16.0. The summed E-state index contributed by atoms with van der Waals surface area (Å²) in [5.41, 5.74) is 2.42. The SMILES string of the molecule is Cc1cc(C)c(CN2CCc3ccc(OCC(F)(F)F)c(Cl)c3C2=O)c(=O)[nH]1. The van der Waals surface area contributed by atoms with Crippen molar-refractivity contribution in [1.29, 1.82) is 0 Å². The second-order valence-electron chi connectivity index (χ2n) is 6.74. The van der Waals surface area contributed by atoms with Crippen molar-refractivity contribution in [2.45, 2.75) is 33.0 Å². The molecule has 0 fully saturated rings. The van der Waals surface area contributed by atoms with Crippen LogP contribution in [-0.4, -0.2) is 35.1 Å². The van der Waals surface area contributed by atoms with E-state index in [1.165, 1.54) is 11.0 Å². The van der Waals surface area contributed by atoms with Crippen molar-refractivity contribution < 1.29 is 22.7 Å². The molecule has 0 unspecified atom stereocenters. The van der Waals surface area contributed by atoms with Crippen LogP contribution in [0.1, 0.15) is 32.7 Å². The van der Waals surface area contributed by atoms with Crippen LogP contribution >= 0.6 is 11.6 Å². The highest BCUT2D eigenvalue weighted by atomic mass is 35.5. The first kappa shape index (κ1) is 20.3. The Labute approximate surface area is 164 Å². The van der Waals surface area contributed by atoms with Gasteiger partial charge in [-0.05, 0) is 43.5 Å². The van der Waals surface area contributed by atoms with Gasteiger partial charge in [-0.3, -0.25) is 9.59 Å². The number of amides is 1. The molecule has 1 aliphatic rings. The smallest absolute Gasteiger partial charge is 0.422 e. The summed E-state index contributed by atoms with van der Waals surface area (Å²) >= 11 is 6.19. The average Bonchev–Trinajstić information content (AvgIpc) is 2.58. The van der Waals surface area contributed by atoms with Crippen LogP contribution in [0.25, 0.3) is 0 Å². The number of ether oxygens (including phenoxy) is 1. The number of hydrogen-bond acceptors (Lipinski definition) is 3. The van der Waals surface area contributed by atoms with Gasteiger partial charge in [-0.15, -0.1) is 0 Å². The highest BCUT2D eigenvalue weighted by molar-refractivity contribution is 6.35. The molecule has 0 radical (unpaired) electrons. The largest absolute Gasteiger partial charge is 0.483 e. The Kier molecular flexibility index (Phi) is 5.43. The standard InChI is InChI=1S/C19H18ClF3N2O3/c1-10-7-11(2)24-17(26)13(10)8-25-6-5-12-3-4-14(28-9-19(21,22)23)16(20)15(12)18(25)27/h3-4,7H,5-6,8-9H2,1-2H3,(H,24,26). The zero-order valence-electron chi connectivity index (χ0n) is 15.2. The van der Waals surface area contributed by atoms with Gasteiger partial charge in [0.15, 0.2) is 6.61 Å². The number of pyridine rings is 1. The van der Waals surface area contributed by atoms with Crippen LogP contribution in [-0.2, 0) is 13.0 Å². The third-order valence-electron chi connectivity index (χ3n) is 4.58. The van der Waals surface area contributed by atoms with E-state index in [2.05, 4.69) is 4.98 Å². The lowest BCUT2D eigenvalue weighted by molar-refractivity contribution is -0.153. The van der Waals surface area contributed by atoms with E-state index < -0.39 is 18.7 Å². The molecule has 0 aliphatic carbocycles. The number of H-pyrrole nitrogens is 1. The molecule has 150 valence electrons. The van der Waals surface area contributed by atoms with Crippen molar-refractivity contribution in [2.24, 2.45) is 0 Å². The molecule has 1 aromatic heterocycles. The van der Waals surface area contributed by atoms with Crippen molar-refractivity contribution in [2.75, 3.05) is 13.2 Å². The van der Waals surface area contributed by atoms with Crippen LogP contribution in [0.5, 0.6) is 5.75 Å². The quantitative estimate of drug-likeness (QED) is 0.828. The van der Waals surface area contributed by atoms with Gasteiger partial charge in [0, 0.05) is 17.8 Å². The Balaban J connectivity index is 1.89. The number of fused-ring (bicyclic) bond motifs is 1. The summed E-state index contributed by atoms with van der Waals surface area (Å²) in [6.07, 6.45) is -4.04. The van der Waals surface area contributed by atoms with E-state index >= 15 is 0 Å². The second-order valence-corrected chi connectivity index (χ2v) is 7.11. The molecule has 0 bridgehead atoms. The van der Waals surface area contributed by atoms with Crippen molar-refractivity contribution in [3.8, 4) is 5.75 Å². The summed E-state index contributed by atoms with van der Waals surface area (Å²) in [6, 6.07) is 4.70. The topological polar surface area (TPSA) is 62.4 Å². The Morgan fingerprint density at radius 2 is 1.96 bits per heavy atom. The maximum absolute atomic E-state index is 12.9. The number of benzene rings is 1. The summed E-state index contributed by atoms with van der Waals surface area (Å²) in [7, 11) is 0. The molecule has 1 aromatic carbocycles. The number of alkyl halides is 3. The molecule has 1 amide bonds. The molecule has 0 atom stereocenters. The third kappa shape index (κ3) is 4.16. The Morgan fingerprint density at radius 1 is 1.25 bits per heavy atom. The number of carbonyl (C=O) groups excluding carboxylic acids is 1. The van der Waals surface area contributed by atoms with Crippen molar-refractivity contribution in [3.63, 3.8) is 0 Å². The van der Waals surface area contributed by atoms with Gasteiger partial charge >= 0.3 is 6.18 Å². The number of halogens is 4. The predicted octanol–water partition coefficient (Wildman–Crippen LogP) is 3.78. The van der Waals surface area contributed by atoms with E-state index in [9.17, 15) is 22.8 Å². The van der Waals surface area contributed by atoms with Gasteiger partial charge in [0.25, 0.3) is 11.5 Å². The summed E-state index contributed by atoms with van der Waals surface area (Å²) < 4.78 is 42.0. The first-order valence-electron chi connectivity index (χ1n) is 8.56. The maximum Gasteiger partial charge on any atom is 0.422 e. The van der Waals surface area contributed by atoms with Gasteiger partial charge in [-0.25, -0.2) is 0 Å². The fraction of sp³-hybridized carbons (Fsp3) is 0.368. The molecule has 2 heterocycles. The lowest BCUT2D eigenvalue weighted by Crippen LogP contribution is -2.39. The number of aromatic amines is 1. The maximum atomic E-state index is 12.9. The number of aromatic nitrogens is 1. The first-order chi connectivity index (χ1) is 13.1. The second kappa shape index (κ2) is 7.50. The summed E-state index contributed by atoms with van der Waals surface area (Å²) in [6.45, 7) is 2.52. The molecular weight excluding hydrogens is 397 g/mol. The molecular formula is C19H18ClF3N2O3. The van der Waals surface area contributed by atoms with Gasteiger partial charge in [-0.2, -0.15) is 13.2 Å². The first-order valence-corrected chi connectivity index (χ1v) is 8.94. The molecule has 3 rings (SSSR count). The van der Waals surface area contributed by atoms with E-state index in [0.29, 0.717) is 24.1 Å². The van der Waals surface area contributed by atoms with Crippen LogP contribution in [0, 0.1) is 13.8 Å². The van der Waals surface area contributed by atoms with Gasteiger partial charge in [0.05, 0.1) is 17.1 Å². The van der Waals surface area contributed by atoms with Gasteiger partial charge in [0.2, 0.25) is 0 Å². The van der Waals surface area contributed by atoms with Gasteiger partial charge < -0.3 is 14.6 Å². The lowest BCUT2D eigenvalue weighted by Gasteiger charge is -2.30. The lowest BCUT2D eigenvalue weighted by atomic mass is 9.97. The molecule has 0 spiro atoms. The molecule has 9 heteroatoms. The minimum atomic E-state index is -4.51. The fourth-order valence-electron chi connectivity index (χ4n) is 3.24. The highest BCUT2D eigenvalue weighted by Crippen LogP contribution is 2.35. The molecule has 1 N–H and O–H groups in total. The zero-order chi connectivity index (χ0) is 20.6. The van der Waals surface area contributed by atoms with Crippen molar-refractivity contribution >= 4 is 17.5 Å². The van der Waals surface area contributed by atoms with E-state index in [1.54, 1.807) is 19.9 Å². The number of nitrogens with zero attached hydrogens (tertiary/aromatic N) is 1. The normalized spacial score (nSPS) is 14.2. The van der Waals surface area contributed by atoms with Crippen LogP contribution in [0.3, 0.4) is 0 Å². The van der Waals surface area contributed by atoms with Gasteiger partial charge in [0.1, 0.15) is 5.75 Å². The fourth-order valence-corrected chi connectivity index (χ4v) is 3.56. The molecule has 1 aliphatic heterocycles. The van der Waals surface area contributed by atoms with Crippen LogP contribution in [0.15, 0.2) is 23.0 Å². The molecule has 2 aromatic rings. The molecule has 0 saturated carbocycles. The number of carbonyl (C=O) groups is 1. The van der Waals surface area contributed by atoms with E-state index in [-0.39, 0.29) is 28.4 Å². The summed E-state index contributed by atoms with van der Waals surface area (Å²) in [5, 5.41) is -0.147. The third-order valence-corrected chi connectivity index (χ3v) is 4.95.